The van der Waals surface area contributed by atoms with E-state index in [2.05, 4.69) is 5.16 Å². The highest BCUT2D eigenvalue weighted by Gasteiger charge is 2.33. The number of hydrogen-bond donors (Lipinski definition) is 1. The van der Waals surface area contributed by atoms with Crippen LogP contribution < -0.4 is 4.90 Å². The van der Waals surface area contributed by atoms with Gasteiger partial charge in [-0.25, -0.2) is 4.79 Å². The number of carbonyl (C=O) groups is 2. The molecule has 0 radical (unpaired) electrons. The number of carbonyl (C=O) groups excluding carboxylic acids is 1. The zero-order valence-electron chi connectivity index (χ0n) is 9.76. The van der Waals surface area contributed by atoms with E-state index >= 15 is 0 Å². The Morgan fingerprint density at radius 1 is 1.33 bits per heavy atom. The topological polar surface area (TPSA) is 86.9 Å². The molecule has 0 aromatic carbocycles. The minimum absolute atomic E-state index is 0.0152. The number of hydrogen-bond acceptors (Lipinski definition) is 4. The van der Waals surface area contributed by atoms with Crippen molar-refractivity contribution in [3.05, 3.63) is 11.3 Å². The molecule has 0 saturated carbocycles. The maximum absolute atomic E-state index is 11.7. The van der Waals surface area contributed by atoms with Gasteiger partial charge in [-0.1, -0.05) is 5.16 Å². The molecule has 0 atom stereocenters. The molecule has 0 unspecified atom stereocenters. The molecule has 7 nitrogen and oxygen atoms in total. The lowest BCUT2D eigenvalue weighted by molar-refractivity contribution is -0.117. The van der Waals surface area contributed by atoms with Gasteiger partial charge in [-0.2, -0.15) is 0 Å². The summed E-state index contributed by atoms with van der Waals surface area (Å²) < 4.78 is 5.24. The van der Waals surface area contributed by atoms with Gasteiger partial charge >= 0.3 is 6.09 Å². The summed E-state index contributed by atoms with van der Waals surface area (Å²) in [6, 6.07) is 0. The molecule has 0 aliphatic carbocycles. The van der Waals surface area contributed by atoms with Gasteiger partial charge in [0.15, 0.2) is 0 Å². The van der Waals surface area contributed by atoms with E-state index in [-0.39, 0.29) is 12.5 Å². The predicted octanol–water partition coefficient (Wildman–Crippen LogP) is 0.838. The molecule has 18 heavy (non-hydrogen) atoms. The van der Waals surface area contributed by atoms with Gasteiger partial charge in [0.05, 0.1) is 17.8 Å². The van der Waals surface area contributed by atoms with Crippen LogP contribution in [0, 0.1) is 0 Å². The van der Waals surface area contributed by atoms with Crippen molar-refractivity contribution in [2.24, 2.45) is 0 Å². The second-order valence-corrected chi connectivity index (χ2v) is 4.52. The van der Waals surface area contributed by atoms with Crippen molar-refractivity contribution in [2.75, 3.05) is 18.0 Å². The quantitative estimate of drug-likeness (QED) is 0.799. The normalized spacial score (nSPS) is 19.2. The molecular formula is C11H13N3O4. The van der Waals surface area contributed by atoms with Crippen LogP contribution in [0.5, 0.6) is 0 Å². The van der Waals surface area contributed by atoms with Gasteiger partial charge in [0, 0.05) is 25.9 Å². The first kappa shape index (κ1) is 11.1. The summed E-state index contributed by atoms with van der Waals surface area (Å²) in [4.78, 5) is 25.5. The maximum atomic E-state index is 11.7. The molecule has 1 saturated heterocycles. The number of amides is 2. The van der Waals surface area contributed by atoms with Crippen LogP contribution in [-0.2, 0) is 17.8 Å². The Morgan fingerprint density at radius 3 is 2.83 bits per heavy atom. The van der Waals surface area contributed by atoms with Crippen molar-refractivity contribution < 1.29 is 19.2 Å². The van der Waals surface area contributed by atoms with Crippen LogP contribution in [-0.4, -0.2) is 40.3 Å². The van der Waals surface area contributed by atoms with Crippen molar-refractivity contribution >= 4 is 17.9 Å². The van der Waals surface area contributed by atoms with E-state index in [0.717, 1.165) is 17.7 Å². The van der Waals surface area contributed by atoms with E-state index in [9.17, 15) is 9.59 Å². The minimum atomic E-state index is -0.958. The lowest BCUT2D eigenvalue weighted by Crippen LogP contribution is -2.35. The summed E-state index contributed by atoms with van der Waals surface area (Å²) in [6.07, 6.45) is 0.892. The highest BCUT2D eigenvalue weighted by Crippen LogP contribution is 2.31. The zero-order chi connectivity index (χ0) is 12.7. The summed E-state index contributed by atoms with van der Waals surface area (Å²) in [7, 11) is 0. The third-order valence-electron chi connectivity index (χ3n) is 3.41. The highest BCUT2D eigenvalue weighted by atomic mass is 16.5. The molecule has 0 bridgehead atoms. The molecule has 1 aromatic rings. The molecule has 3 rings (SSSR count). The number of nitrogens with zero attached hydrogens (tertiary/aromatic N) is 3. The fraction of sp³-hybridized carbons (Fsp3) is 0.545. The molecule has 1 aromatic heterocycles. The number of aromatic nitrogens is 1. The minimum Gasteiger partial charge on any atom is -0.465 e. The van der Waals surface area contributed by atoms with Crippen LogP contribution in [0.2, 0.25) is 0 Å². The van der Waals surface area contributed by atoms with Crippen LogP contribution in [0.3, 0.4) is 0 Å². The average molecular weight is 251 g/mol. The average Bonchev–Trinajstić information content (AvgIpc) is 2.93. The monoisotopic (exact) mass is 251 g/mol. The Kier molecular flexibility index (Phi) is 2.46. The molecule has 0 spiro atoms. The fourth-order valence-corrected chi connectivity index (χ4v) is 2.44. The fourth-order valence-electron chi connectivity index (χ4n) is 2.44. The van der Waals surface area contributed by atoms with Crippen LogP contribution in [0.1, 0.15) is 24.1 Å². The van der Waals surface area contributed by atoms with E-state index in [0.29, 0.717) is 31.8 Å². The lowest BCUT2D eigenvalue weighted by atomic mass is 10.1. The Morgan fingerprint density at radius 2 is 2.17 bits per heavy atom. The summed E-state index contributed by atoms with van der Waals surface area (Å²) in [5, 5.41) is 12.9. The summed E-state index contributed by atoms with van der Waals surface area (Å²) in [5.74, 6) is 0.444. The summed E-state index contributed by atoms with van der Waals surface area (Å²) >= 11 is 0. The largest absolute Gasteiger partial charge is 0.465 e. The highest BCUT2D eigenvalue weighted by molar-refractivity contribution is 5.94. The zero-order valence-corrected chi connectivity index (χ0v) is 9.76. The summed E-state index contributed by atoms with van der Waals surface area (Å²) in [6.45, 7) is 1.28. The van der Waals surface area contributed by atoms with Crippen LogP contribution in [0.25, 0.3) is 0 Å². The van der Waals surface area contributed by atoms with E-state index in [1.54, 1.807) is 4.90 Å². The second kappa shape index (κ2) is 4.01. The molecular weight excluding hydrogens is 238 g/mol. The van der Waals surface area contributed by atoms with Gasteiger partial charge in [-0.3, -0.25) is 9.69 Å². The van der Waals surface area contributed by atoms with E-state index in [4.69, 9.17) is 9.63 Å². The van der Waals surface area contributed by atoms with Gasteiger partial charge in [-0.05, 0) is 6.42 Å². The molecule has 3 heterocycles. The van der Waals surface area contributed by atoms with Gasteiger partial charge in [0.2, 0.25) is 11.8 Å². The SMILES string of the molecule is O=C(O)N1CCc2noc(N3CCCC3=O)c2C1. The Hall–Kier alpha value is -2.05. The lowest BCUT2D eigenvalue weighted by Gasteiger charge is -2.24. The smallest absolute Gasteiger partial charge is 0.407 e. The van der Waals surface area contributed by atoms with E-state index in [1.807, 2.05) is 0 Å². The Bertz CT molecular complexity index is 510. The number of rotatable bonds is 1. The maximum Gasteiger partial charge on any atom is 0.407 e. The Balaban J connectivity index is 1.92. The molecule has 1 fully saturated rings. The molecule has 2 amide bonds. The van der Waals surface area contributed by atoms with Crippen molar-refractivity contribution in [3.8, 4) is 0 Å². The molecule has 1 N–H and O–H groups in total. The van der Waals surface area contributed by atoms with E-state index < -0.39 is 6.09 Å². The van der Waals surface area contributed by atoms with Gasteiger partial charge in [0.1, 0.15) is 0 Å². The predicted molar refractivity (Wildman–Crippen MR) is 60.2 cm³/mol. The van der Waals surface area contributed by atoms with Crippen LogP contribution in [0.15, 0.2) is 4.52 Å². The standard InChI is InChI=1S/C11H13N3O4/c15-9-2-1-4-14(9)10-7-6-13(11(16)17)5-3-8(7)12-18-10/h1-6H2,(H,16,17). The number of carboxylic acid groups (broad SMARTS) is 1. The molecule has 96 valence electrons. The van der Waals surface area contributed by atoms with Crippen molar-refractivity contribution in [2.45, 2.75) is 25.8 Å². The number of fused-ring (bicyclic) bond motifs is 1. The summed E-state index contributed by atoms with van der Waals surface area (Å²) in [5.41, 5.74) is 1.50. The van der Waals surface area contributed by atoms with Crippen molar-refractivity contribution in [1.82, 2.24) is 10.1 Å². The van der Waals surface area contributed by atoms with Crippen molar-refractivity contribution in [1.29, 1.82) is 0 Å². The van der Waals surface area contributed by atoms with E-state index in [1.165, 1.54) is 4.90 Å². The van der Waals surface area contributed by atoms with Crippen LogP contribution >= 0.6 is 0 Å². The van der Waals surface area contributed by atoms with Gasteiger partial charge in [0.25, 0.3) is 0 Å². The van der Waals surface area contributed by atoms with Gasteiger partial charge in [-0.15, -0.1) is 0 Å². The third-order valence-corrected chi connectivity index (χ3v) is 3.41. The number of anilines is 1. The first-order valence-electron chi connectivity index (χ1n) is 5.92. The van der Waals surface area contributed by atoms with Gasteiger partial charge < -0.3 is 14.5 Å². The van der Waals surface area contributed by atoms with Crippen LogP contribution in [0.4, 0.5) is 10.7 Å². The molecule has 2 aliphatic rings. The first-order chi connectivity index (χ1) is 8.66. The first-order valence-corrected chi connectivity index (χ1v) is 5.92. The third kappa shape index (κ3) is 1.62. The second-order valence-electron chi connectivity index (χ2n) is 4.52. The Labute approximate surface area is 103 Å². The van der Waals surface area contributed by atoms with Crippen molar-refractivity contribution in [3.63, 3.8) is 0 Å². The molecule has 2 aliphatic heterocycles. The molecule has 7 heteroatoms.